The Bertz CT molecular complexity index is 741. The fraction of sp³-hybridized carbons (Fsp3) is 0.300. The summed E-state index contributed by atoms with van der Waals surface area (Å²) in [6.45, 7) is 1.17. The third-order valence-corrected chi connectivity index (χ3v) is 4.96. The second-order valence-electron chi connectivity index (χ2n) is 6.25. The third-order valence-electron chi connectivity index (χ3n) is 4.44. The highest BCUT2D eigenvalue weighted by molar-refractivity contribution is 9.10. The molecule has 0 atom stereocenters. The molecule has 0 aromatic heterocycles. The number of carbonyl (C=O) groups excluding carboxylic acids is 2. The summed E-state index contributed by atoms with van der Waals surface area (Å²) in [6.07, 6.45) is 1.34. The number of likely N-dealkylation sites (tertiary alicyclic amines) is 1. The highest BCUT2D eigenvalue weighted by Crippen LogP contribution is 2.20. The normalized spacial score (nSPS) is 14.7. The van der Waals surface area contributed by atoms with E-state index < -0.39 is 0 Å². The van der Waals surface area contributed by atoms with Crippen LogP contribution in [-0.2, 0) is 9.59 Å². The number of amides is 2. The van der Waals surface area contributed by atoms with Crippen molar-refractivity contribution in [3.05, 3.63) is 59.1 Å². The second-order valence-corrected chi connectivity index (χ2v) is 7.17. The number of hydrogen-bond acceptors (Lipinski definition) is 3. The summed E-state index contributed by atoms with van der Waals surface area (Å²) in [5, 5.41) is 2.94. The van der Waals surface area contributed by atoms with E-state index in [1.54, 1.807) is 4.90 Å². The molecule has 0 bridgehead atoms. The number of benzene rings is 2. The number of para-hydroxylation sites is 1. The van der Waals surface area contributed by atoms with E-state index in [2.05, 4.69) is 21.2 Å². The molecule has 1 heterocycles. The Balaban J connectivity index is 1.43. The summed E-state index contributed by atoms with van der Waals surface area (Å²) in [6, 6.07) is 16.8. The zero-order valence-electron chi connectivity index (χ0n) is 14.4. The fourth-order valence-corrected chi connectivity index (χ4v) is 3.19. The lowest BCUT2D eigenvalue weighted by atomic mass is 9.95. The number of hydrogen-bond donors (Lipinski definition) is 1. The molecule has 136 valence electrons. The SMILES string of the molecule is O=C(Nc1ccccc1)C1CCN(C(=O)COc2ccc(Br)cc2)CC1. The average Bonchev–Trinajstić information content (AvgIpc) is 2.68. The zero-order chi connectivity index (χ0) is 18.4. The van der Waals surface area contributed by atoms with Crippen LogP contribution in [0.1, 0.15) is 12.8 Å². The Morgan fingerprint density at radius 3 is 2.35 bits per heavy atom. The van der Waals surface area contributed by atoms with Crippen LogP contribution in [0.25, 0.3) is 0 Å². The van der Waals surface area contributed by atoms with Crippen molar-refractivity contribution in [2.75, 3.05) is 25.0 Å². The van der Waals surface area contributed by atoms with Gasteiger partial charge in [-0.2, -0.15) is 0 Å². The van der Waals surface area contributed by atoms with Crippen LogP contribution in [0.15, 0.2) is 59.1 Å². The van der Waals surface area contributed by atoms with Gasteiger partial charge < -0.3 is 15.0 Å². The average molecular weight is 417 g/mol. The maximum Gasteiger partial charge on any atom is 0.260 e. The Morgan fingerprint density at radius 2 is 1.69 bits per heavy atom. The number of nitrogens with one attached hydrogen (secondary N) is 1. The van der Waals surface area contributed by atoms with Gasteiger partial charge in [-0.05, 0) is 49.2 Å². The molecule has 2 aromatic carbocycles. The van der Waals surface area contributed by atoms with Crippen LogP contribution < -0.4 is 10.1 Å². The topological polar surface area (TPSA) is 58.6 Å². The molecule has 1 aliphatic heterocycles. The van der Waals surface area contributed by atoms with Gasteiger partial charge in [0.2, 0.25) is 5.91 Å². The molecule has 0 aliphatic carbocycles. The van der Waals surface area contributed by atoms with Gasteiger partial charge in [0.05, 0.1) is 0 Å². The second kappa shape index (κ2) is 8.85. The quantitative estimate of drug-likeness (QED) is 0.807. The lowest BCUT2D eigenvalue weighted by Gasteiger charge is -2.31. The zero-order valence-corrected chi connectivity index (χ0v) is 15.9. The molecule has 1 saturated heterocycles. The van der Waals surface area contributed by atoms with E-state index in [4.69, 9.17) is 4.74 Å². The molecule has 0 unspecified atom stereocenters. The minimum atomic E-state index is -0.0633. The minimum absolute atomic E-state index is 0.0164. The van der Waals surface area contributed by atoms with Gasteiger partial charge in [-0.1, -0.05) is 34.1 Å². The molecule has 1 N–H and O–H groups in total. The maximum absolute atomic E-state index is 12.3. The van der Waals surface area contributed by atoms with Crippen LogP contribution in [-0.4, -0.2) is 36.4 Å². The van der Waals surface area contributed by atoms with Gasteiger partial charge in [-0.25, -0.2) is 0 Å². The molecule has 3 rings (SSSR count). The standard InChI is InChI=1S/C20H21BrN2O3/c21-16-6-8-18(9-7-16)26-14-19(24)23-12-10-15(11-13-23)20(25)22-17-4-2-1-3-5-17/h1-9,15H,10-14H2,(H,22,25). The molecule has 0 saturated carbocycles. The Hall–Kier alpha value is -2.34. The molecule has 2 amide bonds. The van der Waals surface area contributed by atoms with E-state index >= 15 is 0 Å². The van der Waals surface area contributed by atoms with E-state index in [9.17, 15) is 9.59 Å². The fourth-order valence-electron chi connectivity index (χ4n) is 2.92. The van der Waals surface area contributed by atoms with Crippen molar-refractivity contribution in [3.8, 4) is 5.75 Å². The lowest BCUT2D eigenvalue weighted by molar-refractivity contribution is -0.136. The summed E-state index contributed by atoms with van der Waals surface area (Å²) >= 11 is 3.36. The van der Waals surface area contributed by atoms with Crippen molar-refractivity contribution in [1.82, 2.24) is 4.90 Å². The van der Waals surface area contributed by atoms with Crippen molar-refractivity contribution in [1.29, 1.82) is 0 Å². The van der Waals surface area contributed by atoms with Crippen LogP contribution in [0.4, 0.5) is 5.69 Å². The van der Waals surface area contributed by atoms with Crippen molar-refractivity contribution in [2.24, 2.45) is 5.92 Å². The van der Waals surface area contributed by atoms with E-state index in [1.807, 2.05) is 54.6 Å². The largest absolute Gasteiger partial charge is 0.484 e. The molecule has 0 radical (unpaired) electrons. The number of anilines is 1. The van der Waals surface area contributed by atoms with Crippen molar-refractivity contribution >= 4 is 33.4 Å². The van der Waals surface area contributed by atoms with Crippen molar-refractivity contribution in [2.45, 2.75) is 12.8 Å². The molecular formula is C20H21BrN2O3. The first-order chi connectivity index (χ1) is 12.6. The third kappa shape index (κ3) is 5.08. The number of ether oxygens (including phenoxy) is 1. The van der Waals surface area contributed by atoms with Gasteiger partial charge in [0.25, 0.3) is 5.91 Å². The summed E-state index contributed by atoms with van der Waals surface area (Å²) in [5.41, 5.74) is 0.805. The number of carbonyl (C=O) groups is 2. The molecule has 6 heteroatoms. The summed E-state index contributed by atoms with van der Waals surface area (Å²) in [5.74, 6) is 0.578. The van der Waals surface area contributed by atoms with Gasteiger partial charge in [0, 0.05) is 29.2 Å². The Morgan fingerprint density at radius 1 is 1.04 bits per heavy atom. The summed E-state index contributed by atoms with van der Waals surface area (Å²) < 4.78 is 6.50. The number of nitrogens with zero attached hydrogens (tertiary/aromatic N) is 1. The smallest absolute Gasteiger partial charge is 0.260 e. The van der Waals surface area contributed by atoms with Crippen molar-refractivity contribution in [3.63, 3.8) is 0 Å². The summed E-state index contributed by atoms with van der Waals surface area (Å²) in [4.78, 5) is 26.4. The highest BCUT2D eigenvalue weighted by Gasteiger charge is 2.27. The van der Waals surface area contributed by atoms with Crippen LogP contribution in [0.5, 0.6) is 5.75 Å². The van der Waals surface area contributed by atoms with Crippen LogP contribution in [0.2, 0.25) is 0 Å². The number of halogens is 1. The first-order valence-corrected chi connectivity index (χ1v) is 9.43. The van der Waals surface area contributed by atoms with Gasteiger partial charge >= 0.3 is 0 Å². The monoisotopic (exact) mass is 416 g/mol. The van der Waals surface area contributed by atoms with Gasteiger partial charge in [-0.15, -0.1) is 0 Å². The molecule has 5 nitrogen and oxygen atoms in total. The van der Waals surface area contributed by atoms with E-state index in [1.165, 1.54) is 0 Å². The molecule has 1 fully saturated rings. The minimum Gasteiger partial charge on any atom is -0.484 e. The first kappa shape index (κ1) is 18.5. The molecular weight excluding hydrogens is 396 g/mol. The predicted octanol–water partition coefficient (Wildman–Crippen LogP) is 3.71. The van der Waals surface area contributed by atoms with Gasteiger partial charge in [0.15, 0.2) is 6.61 Å². The Labute approximate surface area is 161 Å². The molecule has 26 heavy (non-hydrogen) atoms. The lowest BCUT2D eigenvalue weighted by Crippen LogP contribution is -2.43. The van der Waals surface area contributed by atoms with Crippen LogP contribution in [0, 0.1) is 5.92 Å². The van der Waals surface area contributed by atoms with E-state index in [-0.39, 0.29) is 24.3 Å². The highest BCUT2D eigenvalue weighted by atomic mass is 79.9. The number of piperidine rings is 1. The van der Waals surface area contributed by atoms with E-state index in [0.29, 0.717) is 31.7 Å². The van der Waals surface area contributed by atoms with Crippen LogP contribution in [0.3, 0.4) is 0 Å². The van der Waals surface area contributed by atoms with Crippen LogP contribution >= 0.6 is 15.9 Å². The molecule has 0 spiro atoms. The predicted molar refractivity (Wildman–Crippen MR) is 104 cm³/mol. The summed E-state index contributed by atoms with van der Waals surface area (Å²) in [7, 11) is 0. The Kier molecular flexibility index (Phi) is 6.28. The number of rotatable bonds is 5. The van der Waals surface area contributed by atoms with Gasteiger partial charge in [0.1, 0.15) is 5.75 Å². The molecule has 1 aliphatic rings. The van der Waals surface area contributed by atoms with Gasteiger partial charge in [-0.3, -0.25) is 9.59 Å². The molecule has 2 aromatic rings. The maximum atomic E-state index is 12.3. The first-order valence-electron chi connectivity index (χ1n) is 8.64. The van der Waals surface area contributed by atoms with E-state index in [0.717, 1.165) is 10.2 Å². The van der Waals surface area contributed by atoms with Crippen molar-refractivity contribution < 1.29 is 14.3 Å².